The predicted molar refractivity (Wildman–Crippen MR) is 91.9 cm³/mol. The van der Waals surface area contributed by atoms with Crippen LogP contribution >= 0.6 is 11.3 Å². The first-order chi connectivity index (χ1) is 11.6. The van der Waals surface area contributed by atoms with E-state index in [0.29, 0.717) is 18.6 Å². The molecule has 0 bridgehead atoms. The molecule has 0 aliphatic rings. The molecule has 0 saturated heterocycles. The number of aryl methyl sites for hydroxylation is 2. The maximum Gasteiger partial charge on any atom is 0.252 e. The third kappa shape index (κ3) is 3.28. The van der Waals surface area contributed by atoms with Crippen LogP contribution in [0.4, 0.5) is 0 Å². The van der Waals surface area contributed by atoms with Crippen molar-refractivity contribution in [3.8, 4) is 0 Å². The first-order valence-corrected chi connectivity index (χ1v) is 8.82. The van der Waals surface area contributed by atoms with Gasteiger partial charge < -0.3 is 5.32 Å². The first kappa shape index (κ1) is 16.5. The molecule has 1 atom stereocenters. The van der Waals surface area contributed by atoms with Gasteiger partial charge in [-0.15, -0.1) is 11.3 Å². The zero-order chi connectivity index (χ0) is 17.1. The Balaban J connectivity index is 1.68. The van der Waals surface area contributed by atoms with Gasteiger partial charge >= 0.3 is 0 Å². The van der Waals surface area contributed by atoms with Crippen molar-refractivity contribution >= 4 is 23.0 Å². The minimum atomic E-state index is -0.0179. The van der Waals surface area contributed by atoms with Gasteiger partial charge in [0.25, 0.3) is 5.78 Å². The van der Waals surface area contributed by atoms with Crippen LogP contribution in [0.15, 0.2) is 17.9 Å². The molecule has 126 valence electrons. The number of carbonyl (C=O) groups excluding carboxylic acids is 1. The number of carbonyl (C=O) groups is 1. The van der Waals surface area contributed by atoms with Crippen LogP contribution in [0.3, 0.4) is 0 Å². The lowest BCUT2D eigenvalue weighted by Gasteiger charge is -2.15. The fourth-order valence-corrected chi connectivity index (χ4v) is 3.54. The van der Waals surface area contributed by atoms with E-state index < -0.39 is 0 Å². The van der Waals surface area contributed by atoms with Crippen molar-refractivity contribution in [2.45, 2.75) is 46.1 Å². The Morgan fingerprint density at radius 2 is 2.21 bits per heavy atom. The van der Waals surface area contributed by atoms with Crippen LogP contribution in [0.1, 0.15) is 47.8 Å². The normalized spacial score (nSPS) is 12.5. The second-order valence-corrected chi connectivity index (χ2v) is 6.56. The number of fused-ring (bicyclic) bond motifs is 1. The van der Waals surface area contributed by atoms with E-state index in [9.17, 15) is 4.79 Å². The number of hydrogen-bond donors (Lipinski definition) is 1. The molecule has 3 aromatic rings. The van der Waals surface area contributed by atoms with Crippen molar-refractivity contribution in [1.29, 1.82) is 0 Å². The molecule has 3 heterocycles. The molecule has 0 aromatic carbocycles. The van der Waals surface area contributed by atoms with Crippen molar-refractivity contribution in [3.63, 3.8) is 0 Å². The van der Waals surface area contributed by atoms with Gasteiger partial charge in [-0.2, -0.15) is 10.1 Å². The minimum absolute atomic E-state index is 0.0179. The Morgan fingerprint density at radius 3 is 2.92 bits per heavy atom. The number of hydrogen-bond acceptors (Lipinski definition) is 6. The topological polar surface area (TPSA) is 85.1 Å². The molecular weight excluding hydrogens is 324 g/mol. The number of nitrogens with one attached hydrogen (secondary N) is 1. The molecule has 0 unspecified atom stereocenters. The second-order valence-electron chi connectivity index (χ2n) is 5.63. The lowest BCUT2D eigenvalue weighted by atomic mass is 10.1. The predicted octanol–water partition coefficient (Wildman–Crippen LogP) is 2.40. The van der Waals surface area contributed by atoms with Crippen LogP contribution < -0.4 is 5.32 Å². The van der Waals surface area contributed by atoms with Gasteiger partial charge in [-0.05, 0) is 32.3 Å². The Kier molecular flexibility index (Phi) is 4.84. The Morgan fingerprint density at radius 1 is 1.38 bits per heavy atom. The summed E-state index contributed by atoms with van der Waals surface area (Å²) in [4.78, 5) is 25.2. The number of nitrogens with zero attached hydrogens (tertiary/aromatic N) is 5. The molecule has 0 aliphatic carbocycles. The van der Waals surface area contributed by atoms with Crippen LogP contribution in [-0.4, -0.2) is 30.5 Å². The van der Waals surface area contributed by atoms with Crippen molar-refractivity contribution < 1.29 is 4.79 Å². The van der Waals surface area contributed by atoms with E-state index in [1.807, 2.05) is 26.2 Å². The highest BCUT2D eigenvalue weighted by Crippen LogP contribution is 2.19. The number of rotatable bonds is 6. The van der Waals surface area contributed by atoms with E-state index in [2.05, 4.69) is 25.4 Å². The Hall–Kier alpha value is -2.35. The van der Waals surface area contributed by atoms with E-state index in [1.165, 1.54) is 6.33 Å². The lowest BCUT2D eigenvalue weighted by Crippen LogP contribution is -2.28. The average molecular weight is 344 g/mol. The monoisotopic (exact) mass is 344 g/mol. The molecular formula is C16H20N6OS. The summed E-state index contributed by atoms with van der Waals surface area (Å²) in [5.41, 5.74) is 2.92. The Bertz CT molecular complexity index is 842. The first-order valence-electron chi connectivity index (χ1n) is 7.94. The summed E-state index contributed by atoms with van der Waals surface area (Å²) < 4.78 is 1.71. The van der Waals surface area contributed by atoms with E-state index in [-0.39, 0.29) is 11.9 Å². The highest BCUT2D eigenvalue weighted by atomic mass is 32.1. The van der Waals surface area contributed by atoms with Gasteiger partial charge in [0.1, 0.15) is 11.3 Å². The molecule has 24 heavy (non-hydrogen) atoms. The van der Waals surface area contributed by atoms with Crippen LogP contribution in [-0.2, 0) is 11.2 Å². The van der Waals surface area contributed by atoms with Gasteiger partial charge in [0.05, 0.1) is 6.04 Å². The van der Waals surface area contributed by atoms with Gasteiger partial charge in [-0.25, -0.2) is 14.5 Å². The standard InChI is InChI=1S/C16H20N6OS/c1-4-13(15-17-7-8-24-15)21-14(23)6-5-12-10(2)20-16-18-9-19-22(16)11(12)3/h7-9,13H,4-6H2,1-3H3,(H,21,23)/t13-/m0/s1. The SMILES string of the molecule is CC[C@H](NC(=O)CCc1c(C)nc2ncnn2c1C)c1nccs1. The van der Waals surface area contributed by atoms with Gasteiger partial charge in [0, 0.05) is 29.4 Å². The van der Waals surface area contributed by atoms with E-state index in [4.69, 9.17) is 0 Å². The lowest BCUT2D eigenvalue weighted by molar-refractivity contribution is -0.121. The third-order valence-electron chi connectivity index (χ3n) is 4.08. The number of aromatic nitrogens is 5. The second kappa shape index (κ2) is 7.04. The largest absolute Gasteiger partial charge is 0.347 e. The molecule has 0 spiro atoms. The van der Waals surface area contributed by atoms with Crippen LogP contribution in [0.2, 0.25) is 0 Å². The number of thiazole rings is 1. The highest BCUT2D eigenvalue weighted by molar-refractivity contribution is 7.09. The minimum Gasteiger partial charge on any atom is -0.347 e. The molecule has 0 fully saturated rings. The molecule has 3 aromatic heterocycles. The molecule has 0 radical (unpaired) electrons. The van der Waals surface area contributed by atoms with Gasteiger partial charge in [-0.1, -0.05) is 6.92 Å². The molecule has 0 saturated carbocycles. The van der Waals surface area contributed by atoms with Crippen LogP contribution in [0.5, 0.6) is 0 Å². The van der Waals surface area contributed by atoms with Crippen molar-refractivity contribution in [2.24, 2.45) is 0 Å². The van der Waals surface area contributed by atoms with Crippen LogP contribution in [0, 0.1) is 13.8 Å². The molecule has 7 nitrogen and oxygen atoms in total. The third-order valence-corrected chi connectivity index (χ3v) is 4.97. The van der Waals surface area contributed by atoms with Gasteiger partial charge in [-0.3, -0.25) is 4.79 Å². The van der Waals surface area contributed by atoms with Gasteiger partial charge in [0.15, 0.2) is 0 Å². The summed E-state index contributed by atoms with van der Waals surface area (Å²) >= 11 is 1.56. The smallest absolute Gasteiger partial charge is 0.252 e. The summed E-state index contributed by atoms with van der Waals surface area (Å²) in [7, 11) is 0. The maximum atomic E-state index is 12.3. The molecule has 1 amide bonds. The van der Waals surface area contributed by atoms with Gasteiger partial charge in [0.2, 0.25) is 5.91 Å². The fraction of sp³-hybridized carbons (Fsp3) is 0.438. The van der Waals surface area contributed by atoms with Crippen LogP contribution in [0.25, 0.3) is 5.78 Å². The molecule has 8 heteroatoms. The average Bonchev–Trinajstić information content (AvgIpc) is 3.23. The van der Waals surface area contributed by atoms with E-state index in [0.717, 1.165) is 28.4 Å². The molecule has 3 rings (SSSR count). The quantitative estimate of drug-likeness (QED) is 0.742. The zero-order valence-electron chi connectivity index (χ0n) is 14.0. The molecule has 0 aliphatic heterocycles. The summed E-state index contributed by atoms with van der Waals surface area (Å²) in [6.45, 7) is 5.97. The zero-order valence-corrected chi connectivity index (χ0v) is 14.8. The van der Waals surface area contributed by atoms with Crippen molar-refractivity contribution in [3.05, 3.63) is 39.9 Å². The number of amides is 1. The molecule has 1 N–H and O–H groups in total. The maximum absolute atomic E-state index is 12.3. The Labute approximate surface area is 144 Å². The summed E-state index contributed by atoms with van der Waals surface area (Å²) in [5, 5.41) is 10.1. The highest BCUT2D eigenvalue weighted by Gasteiger charge is 2.16. The van der Waals surface area contributed by atoms with E-state index in [1.54, 1.807) is 22.0 Å². The fourth-order valence-electron chi connectivity index (χ4n) is 2.77. The van der Waals surface area contributed by atoms with Crippen molar-refractivity contribution in [1.82, 2.24) is 29.9 Å². The van der Waals surface area contributed by atoms with E-state index >= 15 is 0 Å². The van der Waals surface area contributed by atoms with Crippen molar-refractivity contribution in [2.75, 3.05) is 0 Å². The summed E-state index contributed by atoms with van der Waals surface area (Å²) in [5.74, 6) is 0.613. The summed E-state index contributed by atoms with van der Waals surface area (Å²) in [6, 6.07) is -0.0179. The summed E-state index contributed by atoms with van der Waals surface area (Å²) in [6.07, 6.45) is 5.11.